The van der Waals surface area contributed by atoms with Crippen LogP contribution in [-0.2, 0) is 7.05 Å². The van der Waals surface area contributed by atoms with Crippen LogP contribution in [0.4, 0.5) is 0 Å². The number of benzene rings is 1. The Hall–Kier alpha value is -1.63. The quantitative estimate of drug-likeness (QED) is 0.664. The van der Waals surface area contributed by atoms with E-state index in [9.17, 15) is 9.90 Å². The van der Waals surface area contributed by atoms with Crippen LogP contribution in [0.3, 0.4) is 0 Å². The lowest BCUT2D eigenvalue weighted by atomic mass is 10.0. The van der Waals surface area contributed by atoms with E-state index in [1.54, 1.807) is 25.2 Å². The van der Waals surface area contributed by atoms with E-state index >= 15 is 0 Å². The highest BCUT2D eigenvalue weighted by atomic mass is 16.4. The molecule has 1 heterocycles. The van der Waals surface area contributed by atoms with Crippen molar-refractivity contribution in [3.05, 3.63) is 34.3 Å². The van der Waals surface area contributed by atoms with Gasteiger partial charge < -0.3 is 21.0 Å². The molecule has 0 saturated heterocycles. The number of aromatic nitrogens is 1. The van der Waals surface area contributed by atoms with E-state index in [1.165, 1.54) is 4.57 Å². The molecule has 0 aliphatic carbocycles. The summed E-state index contributed by atoms with van der Waals surface area (Å²) in [7, 11) is 1.63. The molecule has 0 aliphatic heterocycles. The molecular weight excluding hydrogens is 222 g/mol. The lowest BCUT2D eigenvalue weighted by Crippen LogP contribution is -2.32. The second-order valence-corrected chi connectivity index (χ2v) is 3.98. The van der Waals surface area contributed by atoms with E-state index in [1.807, 2.05) is 0 Å². The molecule has 92 valence electrons. The van der Waals surface area contributed by atoms with Crippen LogP contribution in [0.2, 0.25) is 0 Å². The van der Waals surface area contributed by atoms with Crippen LogP contribution in [0.1, 0.15) is 11.6 Å². The molecule has 2 atom stereocenters. The molecule has 0 radical (unpaired) electrons. The number of aryl methyl sites for hydroxylation is 1. The Morgan fingerprint density at radius 1 is 1.53 bits per heavy atom. The number of hydrogen-bond donors (Lipinski definition) is 3. The highest BCUT2D eigenvalue weighted by molar-refractivity contribution is 5.73. The molecule has 0 bridgehead atoms. The molecule has 2 aromatic rings. The molecule has 2 unspecified atom stereocenters. The molecule has 0 amide bonds. The van der Waals surface area contributed by atoms with Gasteiger partial charge in [-0.2, -0.15) is 0 Å². The zero-order valence-electron chi connectivity index (χ0n) is 9.46. The van der Waals surface area contributed by atoms with Gasteiger partial charge in [-0.15, -0.1) is 0 Å². The third-order valence-electron chi connectivity index (χ3n) is 2.86. The van der Waals surface area contributed by atoms with E-state index in [-0.39, 0.29) is 6.54 Å². The molecule has 1 aromatic carbocycles. The van der Waals surface area contributed by atoms with Crippen molar-refractivity contribution in [1.82, 2.24) is 4.57 Å². The molecule has 2 rings (SSSR count). The fourth-order valence-electron chi connectivity index (χ4n) is 1.73. The number of aliphatic hydroxyl groups excluding tert-OH is 1. The number of rotatable bonds is 3. The van der Waals surface area contributed by atoms with E-state index in [2.05, 4.69) is 0 Å². The molecule has 0 fully saturated rings. The van der Waals surface area contributed by atoms with Crippen LogP contribution < -0.4 is 17.2 Å². The number of fused-ring (bicyclic) bond motifs is 1. The topological polar surface area (TPSA) is 107 Å². The second-order valence-electron chi connectivity index (χ2n) is 3.98. The summed E-state index contributed by atoms with van der Waals surface area (Å²) in [5.41, 5.74) is 13.0. The first-order chi connectivity index (χ1) is 8.04. The minimum Gasteiger partial charge on any atom is -0.408 e. The predicted octanol–water partition coefficient (Wildman–Crippen LogP) is -0.549. The Labute approximate surface area is 97.4 Å². The van der Waals surface area contributed by atoms with Crippen LogP contribution in [0, 0.1) is 0 Å². The standard InChI is InChI=1S/C11H15N3O3/c1-14-7-3-2-6(10(13)8(15)5-12)4-9(7)17-11(14)16/h2-4,8,10,15H,5,12-13H2,1H3. The third-order valence-corrected chi connectivity index (χ3v) is 2.86. The van der Waals surface area contributed by atoms with Gasteiger partial charge in [-0.3, -0.25) is 4.57 Å². The zero-order valence-corrected chi connectivity index (χ0v) is 9.46. The Morgan fingerprint density at radius 2 is 2.24 bits per heavy atom. The maximum Gasteiger partial charge on any atom is 0.419 e. The fraction of sp³-hybridized carbons (Fsp3) is 0.364. The van der Waals surface area contributed by atoms with Crippen molar-refractivity contribution in [2.45, 2.75) is 12.1 Å². The van der Waals surface area contributed by atoms with Crippen molar-refractivity contribution >= 4 is 11.1 Å². The molecular formula is C11H15N3O3. The van der Waals surface area contributed by atoms with Gasteiger partial charge in [0.05, 0.1) is 17.7 Å². The lowest BCUT2D eigenvalue weighted by molar-refractivity contribution is 0.153. The molecule has 5 N–H and O–H groups in total. The van der Waals surface area contributed by atoms with Crippen molar-refractivity contribution < 1.29 is 9.52 Å². The molecule has 0 saturated carbocycles. The Kier molecular flexibility index (Phi) is 3.01. The number of nitrogens with zero attached hydrogens (tertiary/aromatic N) is 1. The first-order valence-electron chi connectivity index (χ1n) is 5.27. The van der Waals surface area contributed by atoms with Gasteiger partial charge in [0, 0.05) is 13.6 Å². The van der Waals surface area contributed by atoms with Crippen molar-refractivity contribution in [2.75, 3.05) is 6.54 Å². The number of aliphatic hydroxyl groups is 1. The Balaban J connectivity index is 2.48. The Bertz CT molecular complexity index is 587. The average Bonchev–Trinajstić information content (AvgIpc) is 2.62. The maximum atomic E-state index is 11.3. The summed E-state index contributed by atoms with van der Waals surface area (Å²) in [6, 6.07) is 4.55. The zero-order chi connectivity index (χ0) is 12.6. The van der Waals surface area contributed by atoms with Gasteiger partial charge in [0.2, 0.25) is 0 Å². The molecule has 17 heavy (non-hydrogen) atoms. The molecule has 6 heteroatoms. The van der Waals surface area contributed by atoms with Crippen molar-refractivity contribution in [1.29, 1.82) is 0 Å². The van der Waals surface area contributed by atoms with Gasteiger partial charge in [-0.05, 0) is 17.7 Å². The van der Waals surface area contributed by atoms with Gasteiger partial charge in [0.25, 0.3) is 0 Å². The molecule has 1 aromatic heterocycles. The largest absolute Gasteiger partial charge is 0.419 e. The summed E-state index contributed by atoms with van der Waals surface area (Å²) in [6.07, 6.45) is -0.817. The van der Waals surface area contributed by atoms with E-state index in [0.717, 1.165) is 0 Å². The molecule has 0 aliphatic rings. The number of nitrogens with two attached hydrogens (primary N) is 2. The van der Waals surface area contributed by atoms with Crippen molar-refractivity contribution in [2.24, 2.45) is 18.5 Å². The minimum absolute atomic E-state index is 0.0813. The minimum atomic E-state index is -0.817. The van der Waals surface area contributed by atoms with E-state index < -0.39 is 17.9 Å². The first-order valence-corrected chi connectivity index (χ1v) is 5.27. The van der Waals surface area contributed by atoms with Crippen molar-refractivity contribution in [3.63, 3.8) is 0 Å². The average molecular weight is 237 g/mol. The van der Waals surface area contributed by atoms with Crippen LogP contribution in [-0.4, -0.2) is 22.3 Å². The normalized spacial score (nSPS) is 15.1. The summed E-state index contributed by atoms with van der Waals surface area (Å²) in [5, 5.41) is 9.56. The van der Waals surface area contributed by atoms with Gasteiger partial charge in [0.1, 0.15) is 0 Å². The van der Waals surface area contributed by atoms with Gasteiger partial charge in [-0.1, -0.05) is 6.07 Å². The van der Waals surface area contributed by atoms with Gasteiger partial charge >= 0.3 is 5.76 Å². The summed E-state index contributed by atoms with van der Waals surface area (Å²) >= 11 is 0. The molecule has 6 nitrogen and oxygen atoms in total. The molecule has 0 spiro atoms. The first kappa shape index (κ1) is 11.8. The summed E-state index contributed by atoms with van der Waals surface area (Å²) < 4.78 is 6.45. The number of oxazole rings is 1. The summed E-state index contributed by atoms with van der Waals surface area (Å²) in [5.74, 6) is -0.426. The SMILES string of the molecule is Cn1c(=O)oc2cc(C(N)C(O)CN)ccc21. The predicted molar refractivity (Wildman–Crippen MR) is 63.4 cm³/mol. The van der Waals surface area contributed by atoms with Crippen LogP contribution in [0.5, 0.6) is 0 Å². The Morgan fingerprint density at radius 3 is 2.88 bits per heavy atom. The lowest BCUT2D eigenvalue weighted by Gasteiger charge is -2.17. The summed E-state index contributed by atoms with van der Waals surface area (Å²) in [6.45, 7) is 0.0813. The van der Waals surface area contributed by atoms with Crippen LogP contribution in [0.25, 0.3) is 11.1 Å². The second kappa shape index (κ2) is 4.33. The fourth-order valence-corrected chi connectivity index (χ4v) is 1.73. The van der Waals surface area contributed by atoms with Crippen LogP contribution in [0.15, 0.2) is 27.4 Å². The van der Waals surface area contributed by atoms with Gasteiger partial charge in [-0.25, -0.2) is 4.79 Å². The van der Waals surface area contributed by atoms with Gasteiger partial charge in [0.15, 0.2) is 5.58 Å². The van der Waals surface area contributed by atoms with E-state index in [0.29, 0.717) is 16.7 Å². The summed E-state index contributed by atoms with van der Waals surface area (Å²) in [4.78, 5) is 11.3. The monoisotopic (exact) mass is 237 g/mol. The maximum absolute atomic E-state index is 11.3. The van der Waals surface area contributed by atoms with Crippen molar-refractivity contribution in [3.8, 4) is 0 Å². The van der Waals surface area contributed by atoms with Crippen LogP contribution >= 0.6 is 0 Å². The van der Waals surface area contributed by atoms with E-state index in [4.69, 9.17) is 15.9 Å². The third kappa shape index (κ3) is 1.97. The highest BCUT2D eigenvalue weighted by Gasteiger charge is 2.16. The smallest absolute Gasteiger partial charge is 0.408 e. The highest BCUT2D eigenvalue weighted by Crippen LogP contribution is 2.20. The number of hydrogen-bond acceptors (Lipinski definition) is 5.